The summed E-state index contributed by atoms with van der Waals surface area (Å²) in [7, 11) is 0. The summed E-state index contributed by atoms with van der Waals surface area (Å²) in [6.07, 6.45) is 4.82. The summed E-state index contributed by atoms with van der Waals surface area (Å²) < 4.78 is 6.07. The lowest BCUT2D eigenvalue weighted by molar-refractivity contribution is 0.668. The van der Waals surface area contributed by atoms with Gasteiger partial charge in [0.2, 0.25) is 0 Å². The minimum atomic E-state index is 0.818. The zero-order valence-electron chi connectivity index (χ0n) is 12.6. The molecule has 4 aromatic rings. The summed E-state index contributed by atoms with van der Waals surface area (Å²) in [5.74, 6) is 0. The van der Waals surface area contributed by atoms with E-state index in [0.717, 1.165) is 45.3 Å². The van der Waals surface area contributed by atoms with E-state index < -0.39 is 0 Å². The SMILES string of the molecule is CCc1ccc(-c2c(C)cnc3c2oc2ccccc23)nc1. The summed E-state index contributed by atoms with van der Waals surface area (Å²) >= 11 is 0. The minimum Gasteiger partial charge on any atom is -0.454 e. The molecule has 0 unspecified atom stereocenters. The second kappa shape index (κ2) is 4.95. The van der Waals surface area contributed by atoms with Gasteiger partial charge >= 0.3 is 0 Å². The van der Waals surface area contributed by atoms with Gasteiger partial charge in [0.1, 0.15) is 11.1 Å². The van der Waals surface area contributed by atoms with Gasteiger partial charge in [-0.05, 0) is 42.7 Å². The van der Waals surface area contributed by atoms with Gasteiger partial charge in [-0.1, -0.05) is 25.1 Å². The van der Waals surface area contributed by atoms with Crippen molar-refractivity contribution >= 4 is 22.1 Å². The number of rotatable bonds is 2. The van der Waals surface area contributed by atoms with Crippen LogP contribution in [0.3, 0.4) is 0 Å². The predicted octanol–water partition coefficient (Wildman–Crippen LogP) is 4.91. The second-order valence-corrected chi connectivity index (χ2v) is 5.50. The smallest absolute Gasteiger partial charge is 0.163 e. The highest BCUT2D eigenvalue weighted by Gasteiger charge is 2.16. The maximum Gasteiger partial charge on any atom is 0.163 e. The monoisotopic (exact) mass is 288 g/mol. The summed E-state index contributed by atoms with van der Waals surface area (Å²) in [6.45, 7) is 4.18. The Kier molecular flexibility index (Phi) is 2.93. The van der Waals surface area contributed by atoms with Crippen molar-refractivity contribution in [2.75, 3.05) is 0 Å². The van der Waals surface area contributed by atoms with E-state index in [9.17, 15) is 0 Å². The first-order valence-electron chi connectivity index (χ1n) is 7.50. The number of fused-ring (bicyclic) bond motifs is 3. The van der Waals surface area contributed by atoms with E-state index in [1.54, 1.807) is 0 Å². The Balaban J connectivity index is 2.04. The van der Waals surface area contributed by atoms with Crippen LogP contribution in [-0.4, -0.2) is 9.97 Å². The van der Waals surface area contributed by atoms with Crippen molar-refractivity contribution in [1.29, 1.82) is 0 Å². The fourth-order valence-corrected chi connectivity index (χ4v) is 2.83. The first kappa shape index (κ1) is 13.0. The Labute approximate surface area is 128 Å². The van der Waals surface area contributed by atoms with E-state index in [4.69, 9.17) is 4.42 Å². The molecule has 22 heavy (non-hydrogen) atoms. The maximum atomic E-state index is 6.07. The average Bonchev–Trinajstić information content (AvgIpc) is 2.93. The molecule has 0 saturated heterocycles. The van der Waals surface area contributed by atoms with Crippen LogP contribution in [0.15, 0.2) is 53.2 Å². The van der Waals surface area contributed by atoms with Gasteiger partial charge in [-0.15, -0.1) is 0 Å². The van der Waals surface area contributed by atoms with Crippen molar-refractivity contribution in [2.45, 2.75) is 20.3 Å². The number of benzene rings is 1. The molecular weight excluding hydrogens is 272 g/mol. The molecule has 1 aromatic carbocycles. The lowest BCUT2D eigenvalue weighted by Gasteiger charge is -2.06. The normalized spacial score (nSPS) is 11.4. The van der Waals surface area contributed by atoms with Gasteiger partial charge in [0.25, 0.3) is 0 Å². The van der Waals surface area contributed by atoms with Crippen LogP contribution < -0.4 is 0 Å². The molecule has 0 fully saturated rings. The van der Waals surface area contributed by atoms with Gasteiger partial charge < -0.3 is 4.42 Å². The topological polar surface area (TPSA) is 38.9 Å². The molecule has 108 valence electrons. The molecule has 0 bridgehead atoms. The quantitative estimate of drug-likeness (QED) is 0.526. The molecular formula is C19H16N2O. The summed E-state index contributed by atoms with van der Waals surface area (Å²) in [5, 5.41) is 1.05. The maximum absolute atomic E-state index is 6.07. The van der Waals surface area contributed by atoms with E-state index in [2.05, 4.69) is 29.0 Å². The number of pyridine rings is 2. The number of hydrogen-bond donors (Lipinski definition) is 0. The van der Waals surface area contributed by atoms with Crippen molar-refractivity contribution in [1.82, 2.24) is 9.97 Å². The number of aryl methyl sites for hydroxylation is 2. The Morgan fingerprint density at radius 1 is 1.00 bits per heavy atom. The van der Waals surface area contributed by atoms with Crippen LogP contribution in [0.25, 0.3) is 33.3 Å². The van der Waals surface area contributed by atoms with Crippen molar-refractivity contribution in [2.24, 2.45) is 0 Å². The number of nitrogens with zero attached hydrogens (tertiary/aromatic N) is 2. The molecule has 0 N–H and O–H groups in total. The largest absolute Gasteiger partial charge is 0.454 e. The Morgan fingerprint density at radius 2 is 1.86 bits per heavy atom. The molecule has 0 spiro atoms. The number of para-hydroxylation sites is 1. The van der Waals surface area contributed by atoms with Gasteiger partial charge in [0.15, 0.2) is 5.58 Å². The third kappa shape index (κ3) is 1.90. The Morgan fingerprint density at radius 3 is 2.64 bits per heavy atom. The Bertz CT molecular complexity index is 968. The van der Waals surface area contributed by atoms with Crippen LogP contribution in [0.2, 0.25) is 0 Å². The molecule has 0 saturated carbocycles. The number of furan rings is 1. The van der Waals surface area contributed by atoms with Crippen molar-refractivity contribution in [3.05, 3.63) is 59.9 Å². The molecule has 3 heteroatoms. The fraction of sp³-hybridized carbons (Fsp3) is 0.158. The highest BCUT2D eigenvalue weighted by atomic mass is 16.3. The minimum absolute atomic E-state index is 0.818. The van der Waals surface area contributed by atoms with Crippen LogP contribution in [0.5, 0.6) is 0 Å². The van der Waals surface area contributed by atoms with Crippen LogP contribution >= 0.6 is 0 Å². The van der Waals surface area contributed by atoms with Gasteiger partial charge in [-0.2, -0.15) is 0 Å². The van der Waals surface area contributed by atoms with Crippen LogP contribution in [0, 0.1) is 6.92 Å². The van der Waals surface area contributed by atoms with Gasteiger partial charge in [0.05, 0.1) is 5.69 Å². The van der Waals surface area contributed by atoms with Gasteiger partial charge in [-0.25, -0.2) is 0 Å². The fourth-order valence-electron chi connectivity index (χ4n) is 2.83. The second-order valence-electron chi connectivity index (χ2n) is 5.50. The van der Waals surface area contributed by atoms with E-state index in [1.165, 1.54) is 5.56 Å². The molecule has 0 aliphatic rings. The number of hydrogen-bond acceptors (Lipinski definition) is 3. The molecule has 0 amide bonds. The van der Waals surface area contributed by atoms with Gasteiger partial charge in [-0.3, -0.25) is 9.97 Å². The molecule has 3 heterocycles. The standard InChI is InChI=1S/C19H16N2O/c1-3-13-8-9-15(20-11-13)17-12(2)10-21-18-14-6-4-5-7-16(14)22-19(17)18/h4-11H,3H2,1-2H3. The summed E-state index contributed by atoms with van der Waals surface area (Å²) in [4.78, 5) is 9.18. The van der Waals surface area contributed by atoms with Crippen molar-refractivity contribution in [3.63, 3.8) is 0 Å². The van der Waals surface area contributed by atoms with Crippen LogP contribution in [0.1, 0.15) is 18.1 Å². The van der Waals surface area contributed by atoms with Crippen molar-refractivity contribution in [3.8, 4) is 11.3 Å². The average molecular weight is 288 g/mol. The third-order valence-corrected chi connectivity index (χ3v) is 4.07. The summed E-state index contributed by atoms with van der Waals surface area (Å²) in [5.41, 5.74) is 6.85. The van der Waals surface area contributed by atoms with Crippen molar-refractivity contribution < 1.29 is 4.42 Å². The first-order chi connectivity index (χ1) is 10.8. The van der Waals surface area contributed by atoms with E-state index >= 15 is 0 Å². The zero-order chi connectivity index (χ0) is 15.1. The molecule has 3 aromatic heterocycles. The lowest BCUT2D eigenvalue weighted by Crippen LogP contribution is -1.91. The zero-order valence-corrected chi connectivity index (χ0v) is 12.6. The highest BCUT2D eigenvalue weighted by molar-refractivity contribution is 6.07. The molecule has 3 nitrogen and oxygen atoms in total. The highest BCUT2D eigenvalue weighted by Crippen LogP contribution is 2.35. The van der Waals surface area contributed by atoms with E-state index in [1.807, 2.05) is 43.6 Å². The van der Waals surface area contributed by atoms with E-state index in [-0.39, 0.29) is 0 Å². The number of aromatic nitrogens is 2. The predicted molar refractivity (Wildman–Crippen MR) is 88.9 cm³/mol. The Hall–Kier alpha value is -2.68. The van der Waals surface area contributed by atoms with Crippen LogP contribution in [0.4, 0.5) is 0 Å². The molecule has 0 atom stereocenters. The van der Waals surface area contributed by atoms with Gasteiger partial charge in [0, 0.05) is 23.3 Å². The van der Waals surface area contributed by atoms with Crippen LogP contribution in [-0.2, 0) is 6.42 Å². The lowest BCUT2D eigenvalue weighted by atomic mass is 10.0. The molecule has 4 rings (SSSR count). The third-order valence-electron chi connectivity index (χ3n) is 4.07. The molecule has 0 aliphatic carbocycles. The molecule has 0 radical (unpaired) electrons. The molecule has 0 aliphatic heterocycles. The van der Waals surface area contributed by atoms with E-state index in [0.29, 0.717) is 0 Å². The first-order valence-corrected chi connectivity index (χ1v) is 7.50. The summed E-state index contributed by atoms with van der Waals surface area (Å²) in [6, 6.07) is 12.2.